The number of hydrogen-bond donors (Lipinski definition) is 1. The zero-order chi connectivity index (χ0) is 18.9. The number of fused-ring (bicyclic) bond motifs is 2. The van der Waals surface area contributed by atoms with Gasteiger partial charge in [-0.1, -0.05) is 29.8 Å². The molecule has 5 rings (SSSR count). The number of H-pyrrole nitrogens is 1. The predicted molar refractivity (Wildman–Crippen MR) is 116 cm³/mol. The zero-order valence-electron chi connectivity index (χ0n) is 15.8. The molecule has 1 aliphatic heterocycles. The Bertz CT molecular complexity index is 1090. The number of piperazine rings is 1. The van der Waals surface area contributed by atoms with Crippen molar-refractivity contribution in [3.05, 3.63) is 65.5 Å². The largest absolute Gasteiger partial charge is 0.462 e. The second-order valence-electron chi connectivity index (χ2n) is 7.53. The van der Waals surface area contributed by atoms with Crippen molar-refractivity contribution in [3.8, 4) is 0 Å². The molecule has 1 N–H and O–H groups in total. The first-order valence-corrected chi connectivity index (χ1v) is 10.4. The van der Waals surface area contributed by atoms with Crippen LogP contribution >= 0.6 is 11.6 Å². The molecular formula is C23H24ClN3O. The summed E-state index contributed by atoms with van der Waals surface area (Å²) in [7, 11) is 0. The van der Waals surface area contributed by atoms with E-state index in [2.05, 4.69) is 45.1 Å². The molecular weight excluding hydrogens is 370 g/mol. The minimum atomic E-state index is 0.692. The monoisotopic (exact) mass is 393 g/mol. The third-order valence-corrected chi connectivity index (χ3v) is 6.13. The van der Waals surface area contributed by atoms with Gasteiger partial charge in [0.1, 0.15) is 0 Å². The number of nitrogens with zero attached hydrogens (tertiary/aromatic N) is 2. The lowest BCUT2D eigenvalue weighted by Gasteiger charge is -2.36. The highest BCUT2D eigenvalue weighted by molar-refractivity contribution is 6.34. The van der Waals surface area contributed by atoms with Crippen LogP contribution in [0.4, 0.5) is 5.69 Å². The first-order chi connectivity index (χ1) is 13.8. The molecule has 4 nitrogen and oxygen atoms in total. The fraction of sp³-hybridized carbons (Fsp3) is 0.304. The molecule has 0 amide bonds. The van der Waals surface area contributed by atoms with E-state index >= 15 is 0 Å². The number of anilines is 1. The van der Waals surface area contributed by atoms with Crippen molar-refractivity contribution < 1.29 is 4.42 Å². The van der Waals surface area contributed by atoms with Crippen LogP contribution in [0.2, 0.25) is 5.02 Å². The Morgan fingerprint density at radius 1 is 0.964 bits per heavy atom. The van der Waals surface area contributed by atoms with Gasteiger partial charge in [-0.2, -0.15) is 0 Å². The van der Waals surface area contributed by atoms with Crippen molar-refractivity contribution >= 4 is 39.2 Å². The number of nitrogens with one attached hydrogen (secondary N) is 1. The van der Waals surface area contributed by atoms with Crippen LogP contribution in [-0.2, 0) is 6.42 Å². The summed E-state index contributed by atoms with van der Waals surface area (Å²) in [5.41, 5.74) is 4.63. The normalized spacial score (nSPS) is 15.7. The van der Waals surface area contributed by atoms with Crippen LogP contribution in [0.5, 0.6) is 0 Å². The lowest BCUT2D eigenvalue weighted by Crippen LogP contribution is -2.46. The topological polar surface area (TPSA) is 35.4 Å². The molecule has 28 heavy (non-hydrogen) atoms. The maximum atomic E-state index is 6.21. The fourth-order valence-corrected chi connectivity index (χ4v) is 4.54. The Morgan fingerprint density at radius 2 is 1.82 bits per heavy atom. The Labute approximate surface area is 169 Å². The van der Waals surface area contributed by atoms with Crippen molar-refractivity contribution in [2.24, 2.45) is 0 Å². The molecule has 0 unspecified atom stereocenters. The highest BCUT2D eigenvalue weighted by atomic mass is 35.5. The average molecular weight is 394 g/mol. The molecule has 3 heterocycles. The smallest absolute Gasteiger partial charge is 0.152 e. The van der Waals surface area contributed by atoms with E-state index in [-0.39, 0.29) is 0 Å². The third-order valence-electron chi connectivity index (χ3n) is 5.84. The van der Waals surface area contributed by atoms with Crippen LogP contribution in [0, 0.1) is 0 Å². The van der Waals surface area contributed by atoms with Crippen molar-refractivity contribution in [2.75, 3.05) is 37.6 Å². The maximum Gasteiger partial charge on any atom is 0.152 e. The van der Waals surface area contributed by atoms with E-state index in [0.717, 1.165) is 56.5 Å². The standard InChI is InChI=1S/C23H24ClN3O/c24-20-6-1-5-18-17(16-28-23(18)20)4-3-11-26-12-14-27(15-13-26)22-8-2-7-21-19(22)9-10-25-21/h1-2,5-10,16,25H,3-4,11-15H2. The lowest BCUT2D eigenvalue weighted by molar-refractivity contribution is 0.255. The summed E-state index contributed by atoms with van der Waals surface area (Å²) in [6.45, 7) is 5.50. The van der Waals surface area contributed by atoms with Gasteiger partial charge in [-0.25, -0.2) is 0 Å². The summed E-state index contributed by atoms with van der Waals surface area (Å²) in [5.74, 6) is 0. The van der Waals surface area contributed by atoms with Gasteiger partial charge in [-0.05, 0) is 49.2 Å². The third kappa shape index (κ3) is 3.27. The van der Waals surface area contributed by atoms with Crippen LogP contribution in [-0.4, -0.2) is 42.6 Å². The number of aromatic amines is 1. The maximum absolute atomic E-state index is 6.21. The number of benzene rings is 2. The van der Waals surface area contributed by atoms with Crippen molar-refractivity contribution in [1.29, 1.82) is 0 Å². The van der Waals surface area contributed by atoms with Crippen molar-refractivity contribution in [1.82, 2.24) is 9.88 Å². The molecule has 0 atom stereocenters. The van der Waals surface area contributed by atoms with Gasteiger partial charge >= 0.3 is 0 Å². The van der Waals surface area contributed by atoms with Crippen molar-refractivity contribution in [3.63, 3.8) is 0 Å². The highest BCUT2D eigenvalue weighted by Crippen LogP contribution is 2.29. The first-order valence-electron chi connectivity index (χ1n) is 9.97. The molecule has 0 bridgehead atoms. The van der Waals surface area contributed by atoms with E-state index in [1.54, 1.807) is 0 Å². The van der Waals surface area contributed by atoms with Gasteiger partial charge in [-0.15, -0.1) is 0 Å². The van der Waals surface area contributed by atoms with Gasteiger partial charge in [0.05, 0.1) is 11.3 Å². The van der Waals surface area contributed by atoms with Gasteiger partial charge in [0.25, 0.3) is 0 Å². The number of furan rings is 1. The molecule has 5 heteroatoms. The molecule has 144 valence electrons. The summed E-state index contributed by atoms with van der Waals surface area (Å²) in [5, 5.41) is 3.16. The number of aryl methyl sites for hydroxylation is 1. The predicted octanol–water partition coefficient (Wildman–Crippen LogP) is 5.32. The Balaban J connectivity index is 1.17. The molecule has 1 fully saturated rings. The molecule has 1 saturated heterocycles. The first kappa shape index (κ1) is 17.7. The van der Waals surface area contributed by atoms with E-state index < -0.39 is 0 Å². The zero-order valence-corrected chi connectivity index (χ0v) is 16.6. The average Bonchev–Trinajstić information content (AvgIpc) is 3.36. The van der Waals surface area contributed by atoms with Crippen LogP contribution in [0.25, 0.3) is 21.9 Å². The van der Waals surface area contributed by atoms with Gasteiger partial charge in [0, 0.05) is 54.4 Å². The summed E-state index contributed by atoms with van der Waals surface area (Å²) in [6.07, 6.45) is 6.05. The van der Waals surface area contributed by atoms with Gasteiger partial charge in [0.15, 0.2) is 5.58 Å². The fourth-order valence-electron chi connectivity index (χ4n) is 4.32. The summed E-state index contributed by atoms with van der Waals surface area (Å²) >= 11 is 6.21. The van der Waals surface area contributed by atoms with E-state index in [9.17, 15) is 0 Å². The van der Waals surface area contributed by atoms with Crippen LogP contribution in [0.3, 0.4) is 0 Å². The number of para-hydroxylation sites is 1. The number of rotatable bonds is 5. The van der Waals surface area contributed by atoms with Gasteiger partial charge in [-0.3, -0.25) is 4.90 Å². The Morgan fingerprint density at radius 3 is 2.71 bits per heavy atom. The van der Waals surface area contributed by atoms with E-state index in [1.807, 2.05) is 24.6 Å². The highest BCUT2D eigenvalue weighted by Gasteiger charge is 2.19. The number of aromatic nitrogens is 1. The van der Waals surface area contributed by atoms with E-state index in [0.29, 0.717) is 5.02 Å². The number of hydrogen-bond acceptors (Lipinski definition) is 3. The van der Waals surface area contributed by atoms with E-state index in [4.69, 9.17) is 16.0 Å². The molecule has 0 spiro atoms. The summed E-state index contributed by atoms with van der Waals surface area (Å²) in [6, 6.07) is 14.7. The van der Waals surface area contributed by atoms with Crippen LogP contribution < -0.4 is 4.90 Å². The molecule has 0 aliphatic carbocycles. The van der Waals surface area contributed by atoms with Crippen LogP contribution in [0.15, 0.2) is 59.3 Å². The Kier molecular flexibility index (Phi) is 4.75. The van der Waals surface area contributed by atoms with Gasteiger partial charge in [0.2, 0.25) is 0 Å². The molecule has 4 aromatic rings. The molecule has 0 saturated carbocycles. The second-order valence-corrected chi connectivity index (χ2v) is 7.93. The molecule has 2 aromatic heterocycles. The van der Waals surface area contributed by atoms with Crippen LogP contribution in [0.1, 0.15) is 12.0 Å². The van der Waals surface area contributed by atoms with E-state index in [1.165, 1.54) is 22.2 Å². The SMILES string of the molecule is Clc1cccc2c(CCCN3CCN(c4cccc5[nH]ccc45)CC3)coc12. The molecule has 1 aliphatic rings. The summed E-state index contributed by atoms with van der Waals surface area (Å²) < 4.78 is 5.66. The lowest BCUT2D eigenvalue weighted by atomic mass is 10.1. The Hall–Kier alpha value is -2.43. The molecule has 0 radical (unpaired) electrons. The minimum Gasteiger partial charge on any atom is -0.462 e. The quantitative estimate of drug-likeness (QED) is 0.498. The van der Waals surface area contributed by atoms with Crippen molar-refractivity contribution in [2.45, 2.75) is 12.8 Å². The summed E-state index contributed by atoms with van der Waals surface area (Å²) in [4.78, 5) is 8.40. The van der Waals surface area contributed by atoms with Gasteiger partial charge < -0.3 is 14.3 Å². The molecule has 2 aromatic carbocycles. The minimum absolute atomic E-state index is 0.692. The second kappa shape index (κ2) is 7.53. The number of halogens is 1.